The van der Waals surface area contributed by atoms with Crippen molar-refractivity contribution in [2.75, 3.05) is 32.9 Å². The molecule has 0 bridgehead atoms. The number of fused-ring (bicyclic) bond motifs is 3. The van der Waals surface area contributed by atoms with Crippen molar-refractivity contribution < 1.29 is 28.5 Å². The molecule has 0 spiro atoms. The Labute approximate surface area is 155 Å². The summed E-state index contributed by atoms with van der Waals surface area (Å²) >= 11 is 0. The Bertz CT molecular complexity index is 908. The maximum absolute atomic E-state index is 12.5. The van der Waals surface area contributed by atoms with Crippen LogP contribution in [-0.4, -0.2) is 44.8 Å². The van der Waals surface area contributed by atoms with Gasteiger partial charge < -0.3 is 29.0 Å². The van der Waals surface area contributed by atoms with Gasteiger partial charge in [-0.05, 0) is 23.8 Å². The fourth-order valence-electron chi connectivity index (χ4n) is 3.79. The predicted molar refractivity (Wildman–Crippen MR) is 94.6 cm³/mol. The molecule has 1 N–H and O–H groups in total. The van der Waals surface area contributed by atoms with Crippen LogP contribution in [0.25, 0.3) is 0 Å². The Morgan fingerprint density at radius 1 is 1.00 bits per heavy atom. The second kappa shape index (κ2) is 5.87. The number of hydrogen-bond acceptors (Lipinski definition) is 7. The van der Waals surface area contributed by atoms with Crippen LogP contribution < -0.4 is 24.3 Å². The molecule has 0 saturated carbocycles. The number of benzene rings is 2. The summed E-state index contributed by atoms with van der Waals surface area (Å²) < 4.78 is 27.2. The van der Waals surface area contributed by atoms with Gasteiger partial charge in [-0.15, -0.1) is 0 Å². The Morgan fingerprint density at radius 3 is 2.41 bits per heavy atom. The molecule has 27 heavy (non-hydrogen) atoms. The van der Waals surface area contributed by atoms with Crippen LogP contribution in [0.4, 0.5) is 10.5 Å². The first-order valence-corrected chi connectivity index (χ1v) is 8.56. The van der Waals surface area contributed by atoms with E-state index in [1.54, 1.807) is 25.2 Å². The number of amides is 1. The predicted octanol–water partition coefficient (Wildman–Crippen LogP) is 2.73. The van der Waals surface area contributed by atoms with E-state index in [1.165, 1.54) is 0 Å². The quantitative estimate of drug-likeness (QED) is 0.890. The van der Waals surface area contributed by atoms with Gasteiger partial charge in [-0.3, -0.25) is 4.90 Å². The van der Waals surface area contributed by atoms with Crippen molar-refractivity contribution in [1.82, 2.24) is 4.90 Å². The van der Waals surface area contributed by atoms with Gasteiger partial charge in [0, 0.05) is 23.4 Å². The number of carbonyl (C=O) groups is 1. The number of nitrogens with zero attached hydrogens (tertiary/aromatic N) is 1. The Morgan fingerprint density at radius 2 is 1.70 bits per heavy atom. The van der Waals surface area contributed by atoms with Crippen LogP contribution in [0.15, 0.2) is 30.3 Å². The zero-order valence-electron chi connectivity index (χ0n) is 14.9. The van der Waals surface area contributed by atoms with Crippen molar-refractivity contribution in [3.8, 4) is 23.0 Å². The summed E-state index contributed by atoms with van der Waals surface area (Å²) in [6.45, 7) is 0.454. The standard InChI is InChI=1S/C19H18N2O6/c1-23-11-3-10(4-12(5-11)24-2)18-13-6-15-16(27-9-26-15)7-14(13)20-17-8-25-19(22)21(17)18/h3-7,17-18,20H,8-9H2,1-2H3/t17?,18-/m1/s1. The number of cyclic esters (lactones) is 1. The lowest BCUT2D eigenvalue weighted by atomic mass is 9.92. The average molecular weight is 370 g/mol. The molecule has 3 aliphatic rings. The topological polar surface area (TPSA) is 78.5 Å². The van der Waals surface area contributed by atoms with Gasteiger partial charge in [0.05, 0.1) is 20.3 Å². The minimum Gasteiger partial charge on any atom is -0.497 e. The third-order valence-corrected chi connectivity index (χ3v) is 5.04. The summed E-state index contributed by atoms with van der Waals surface area (Å²) in [6, 6.07) is 9.03. The van der Waals surface area contributed by atoms with Crippen LogP contribution in [-0.2, 0) is 4.74 Å². The number of nitrogens with one attached hydrogen (secondary N) is 1. The van der Waals surface area contributed by atoms with E-state index < -0.39 is 0 Å². The lowest BCUT2D eigenvalue weighted by Gasteiger charge is -2.38. The molecular formula is C19H18N2O6. The normalized spacial score (nSPS) is 21.9. The van der Waals surface area contributed by atoms with E-state index in [4.69, 9.17) is 23.7 Å². The molecule has 2 aromatic rings. The number of hydrogen-bond donors (Lipinski definition) is 1. The van der Waals surface area contributed by atoms with E-state index >= 15 is 0 Å². The Hall–Kier alpha value is -3.29. The first-order valence-electron chi connectivity index (χ1n) is 8.56. The SMILES string of the molecule is COc1cc(OC)cc([C@@H]2c3cc4c(cc3NC3COC(=O)N32)OCO4)c1. The van der Waals surface area contributed by atoms with Crippen molar-refractivity contribution >= 4 is 11.8 Å². The number of carbonyl (C=O) groups excluding carboxylic acids is 1. The van der Waals surface area contributed by atoms with Gasteiger partial charge in [0.25, 0.3) is 0 Å². The molecule has 8 heteroatoms. The number of anilines is 1. The third kappa shape index (κ3) is 2.40. The minimum absolute atomic E-state index is 0.186. The maximum atomic E-state index is 12.5. The van der Waals surface area contributed by atoms with Crippen molar-refractivity contribution in [2.24, 2.45) is 0 Å². The summed E-state index contributed by atoms with van der Waals surface area (Å²) in [5, 5.41) is 3.36. The summed E-state index contributed by atoms with van der Waals surface area (Å²) in [6.07, 6.45) is -0.643. The fraction of sp³-hybridized carbons (Fsp3) is 0.316. The van der Waals surface area contributed by atoms with Gasteiger partial charge in [0.1, 0.15) is 24.3 Å². The molecule has 5 rings (SSSR count). The van der Waals surface area contributed by atoms with Gasteiger partial charge in [-0.1, -0.05) is 0 Å². The summed E-state index contributed by atoms with van der Waals surface area (Å²) in [5.41, 5.74) is 2.63. The molecule has 0 aromatic heterocycles. The first kappa shape index (κ1) is 15.9. The largest absolute Gasteiger partial charge is 0.497 e. The molecule has 0 aliphatic carbocycles. The molecular weight excluding hydrogens is 352 g/mol. The van der Waals surface area contributed by atoms with Crippen molar-refractivity contribution in [2.45, 2.75) is 12.2 Å². The molecule has 1 fully saturated rings. The monoisotopic (exact) mass is 370 g/mol. The summed E-state index contributed by atoms with van der Waals surface area (Å²) in [4.78, 5) is 14.2. The van der Waals surface area contributed by atoms with Crippen LogP contribution in [0.3, 0.4) is 0 Å². The van der Waals surface area contributed by atoms with Crippen molar-refractivity contribution in [1.29, 1.82) is 0 Å². The molecule has 1 amide bonds. The second-order valence-electron chi connectivity index (χ2n) is 6.49. The van der Waals surface area contributed by atoms with E-state index in [-0.39, 0.29) is 31.7 Å². The third-order valence-electron chi connectivity index (χ3n) is 5.04. The van der Waals surface area contributed by atoms with E-state index in [1.807, 2.05) is 24.3 Å². The summed E-state index contributed by atoms with van der Waals surface area (Å²) in [5.74, 6) is 2.63. The highest BCUT2D eigenvalue weighted by Crippen LogP contribution is 2.47. The zero-order chi connectivity index (χ0) is 18.5. The lowest BCUT2D eigenvalue weighted by Crippen LogP contribution is -2.45. The molecule has 3 heterocycles. The molecule has 8 nitrogen and oxygen atoms in total. The smallest absolute Gasteiger partial charge is 0.412 e. The van der Waals surface area contributed by atoms with E-state index in [9.17, 15) is 4.79 Å². The highest BCUT2D eigenvalue weighted by molar-refractivity contribution is 5.77. The maximum Gasteiger partial charge on any atom is 0.412 e. The molecule has 1 unspecified atom stereocenters. The fourth-order valence-corrected chi connectivity index (χ4v) is 3.79. The van der Waals surface area contributed by atoms with E-state index in [2.05, 4.69) is 5.32 Å². The number of rotatable bonds is 3. The molecule has 2 aromatic carbocycles. The summed E-state index contributed by atoms with van der Waals surface area (Å²) in [7, 11) is 3.19. The van der Waals surface area contributed by atoms with Crippen LogP contribution in [0.5, 0.6) is 23.0 Å². The average Bonchev–Trinajstić information content (AvgIpc) is 3.30. The molecule has 140 valence electrons. The number of methoxy groups -OCH3 is 2. The second-order valence-corrected chi connectivity index (χ2v) is 6.49. The highest BCUT2D eigenvalue weighted by atomic mass is 16.7. The van der Waals surface area contributed by atoms with Gasteiger partial charge in [0.2, 0.25) is 6.79 Å². The lowest BCUT2D eigenvalue weighted by molar-refractivity contribution is 0.149. The van der Waals surface area contributed by atoms with Crippen LogP contribution >= 0.6 is 0 Å². The van der Waals surface area contributed by atoms with Crippen molar-refractivity contribution in [3.05, 3.63) is 41.5 Å². The molecule has 3 aliphatic heterocycles. The molecule has 2 atom stereocenters. The highest BCUT2D eigenvalue weighted by Gasteiger charge is 2.45. The van der Waals surface area contributed by atoms with Gasteiger partial charge in [-0.25, -0.2) is 4.79 Å². The Kier molecular flexibility index (Phi) is 3.46. The van der Waals surface area contributed by atoms with E-state index in [0.717, 1.165) is 16.8 Å². The molecule has 1 saturated heterocycles. The van der Waals surface area contributed by atoms with Crippen LogP contribution in [0.2, 0.25) is 0 Å². The minimum atomic E-state index is -0.375. The molecule has 0 radical (unpaired) electrons. The van der Waals surface area contributed by atoms with Gasteiger partial charge >= 0.3 is 6.09 Å². The number of ether oxygens (including phenoxy) is 5. The van der Waals surface area contributed by atoms with Gasteiger partial charge in [0.15, 0.2) is 11.5 Å². The zero-order valence-corrected chi connectivity index (χ0v) is 14.9. The van der Waals surface area contributed by atoms with Crippen molar-refractivity contribution in [3.63, 3.8) is 0 Å². The Balaban J connectivity index is 1.70. The van der Waals surface area contributed by atoms with E-state index in [0.29, 0.717) is 23.0 Å². The van der Waals surface area contributed by atoms with Crippen LogP contribution in [0, 0.1) is 0 Å². The van der Waals surface area contributed by atoms with Gasteiger partial charge in [-0.2, -0.15) is 0 Å². The van der Waals surface area contributed by atoms with Crippen LogP contribution in [0.1, 0.15) is 17.2 Å². The first-order chi connectivity index (χ1) is 13.2.